The van der Waals surface area contributed by atoms with Gasteiger partial charge in [0.15, 0.2) is 0 Å². The predicted molar refractivity (Wildman–Crippen MR) is 77.3 cm³/mol. The van der Waals surface area contributed by atoms with Gasteiger partial charge in [-0.2, -0.15) is 5.10 Å². The van der Waals surface area contributed by atoms with Gasteiger partial charge in [-0.15, -0.1) is 0 Å². The van der Waals surface area contributed by atoms with Crippen LogP contribution < -0.4 is 5.32 Å². The normalized spacial score (nSPS) is 12.2. The minimum atomic E-state index is -0.371. The molecule has 5 heteroatoms. The van der Waals surface area contributed by atoms with Gasteiger partial charge in [0.2, 0.25) is 5.91 Å². The Hall–Kier alpha value is -2.69. The molecule has 3 aromatic rings. The molecule has 0 bridgehead atoms. The van der Waals surface area contributed by atoms with Crippen LogP contribution in [0.15, 0.2) is 55.0 Å². The molecule has 1 amide bonds. The summed E-state index contributed by atoms with van der Waals surface area (Å²) in [7, 11) is 0. The van der Waals surface area contributed by atoms with Gasteiger partial charge in [-0.25, -0.2) is 0 Å². The monoisotopic (exact) mass is 266 g/mol. The number of para-hydroxylation sites is 1. The van der Waals surface area contributed by atoms with E-state index >= 15 is 0 Å². The Morgan fingerprint density at radius 3 is 2.85 bits per heavy atom. The fourth-order valence-electron chi connectivity index (χ4n) is 2.07. The fraction of sp³-hybridized carbons (Fsp3) is 0.133. The van der Waals surface area contributed by atoms with E-state index in [-0.39, 0.29) is 11.9 Å². The number of hydrogen-bond acceptors (Lipinski definition) is 3. The Kier molecular flexibility index (Phi) is 3.16. The van der Waals surface area contributed by atoms with E-state index < -0.39 is 0 Å². The van der Waals surface area contributed by atoms with Crippen molar-refractivity contribution in [3.8, 4) is 0 Å². The molecule has 0 saturated carbocycles. The third-order valence-electron chi connectivity index (χ3n) is 3.19. The van der Waals surface area contributed by atoms with Crippen molar-refractivity contribution in [2.45, 2.75) is 13.0 Å². The average molecular weight is 266 g/mol. The maximum absolute atomic E-state index is 12.3. The van der Waals surface area contributed by atoms with E-state index in [0.717, 1.165) is 10.9 Å². The topological polar surface area (TPSA) is 59.8 Å². The lowest BCUT2D eigenvalue weighted by Crippen LogP contribution is -2.24. The molecule has 2 heterocycles. The molecule has 5 nitrogen and oxygen atoms in total. The smallest absolute Gasteiger partial charge is 0.249 e. The van der Waals surface area contributed by atoms with Crippen LogP contribution in [0.5, 0.6) is 0 Å². The number of carbonyl (C=O) groups excluding carboxylic acids is 1. The van der Waals surface area contributed by atoms with Crippen LogP contribution in [-0.2, 0) is 4.79 Å². The van der Waals surface area contributed by atoms with Crippen molar-refractivity contribution in [2.75, 3.05) is 5.32 Å². The maximum atomic E-state index is 12.3. The van der Waals surface area contributed by atoms with E-state index in [1.807, 2.05) is 30.3 Å². The summed E-state index contributed by atoms with van der Waals surface area (Å²) in [6.45, 7) is 1.81. The van der Waals surface area contributed by atoms with Gasteiger partial charge in [0.05, 0.1) is 11.2 Å². The number of nitrogens with zero attached hydrogens (tertiary/aromatic N) is 3. The molecule has 1 unspecified atom stereocenters. The summed E-state index contributed by atoms with van der Waals surface area (Å²) in [4.78, 5) is 16.6. The molecule has 0 fully saturated rings. The SMILES string of the molecule is CC(C(=O)Nc1cccc2cccnc12)n1cccn1. The molecule has 20 heavy (non-hydrogen) atoms. The van der Waals surface area contributed by atoms with Gasteiger partial charge in [0, 0.05) is 24.0 Å². The summed E-state index contributed by atoms with van der Waals surface area (Å²) in [6.07, 6.45) is 5.14. The van der Waals surface area contributed by atoms with Crippen LogP contribution in [0.25, 0.3) is 10.9 Å². The number of fused-ring (bicyclic) bond motifs is 1. The zero-order chi connectivity index (χ0) is 13.9. The van der Waals surface area contributed by atoms with Crippen LogP contribution in [0.1, 0.15) is 13.0 Å². The van der Waals surface area contributed by atoms with Crippen LogP contribution in [0.3, 0.4) is 0 Å². The molecule has 1 aromatic carbocycles. The Labute approximate surface area is 116 Å². The standard InChI is InChI=1S/C15H14N4O/c1-11(19-10-4-9-17-19)15(20)18-13-7-2-5-12-6-3-8-16-14(12)13/h2-11H,1H3,(H,18,20). The molecule has 0 aliphatic carbocycles. The van der Waals surface area contributed by atoms with Crippen LogP contribution in [0, 0.1) is 0 Å². The molecular weight excluding hydrogens is 252 g/mol. The lowest BCUT2D eigenvalue weighted by Gasteiger charge is -2.13. The van der Waals surface area contributed by atoms with Gasteiger partial charge in [-0.05, 0) is 25.1 Å². The summed E-state index contributed by atoms with van der Waals surface area (Å²) in [5.74, 6) is -0.119. The largest absolute Gasteiger partial charge is 0.322 e. The molecule has 0 aliphatic rings. The summed E-state index contributed by atoms with van der Waals surface area (Å²) < 4.78 is 1.62. The van der Waals surface area contributed by atoms with Crippen LogP contribution >= 0.6 is 0 Å². The second kappa shape index (κ2) is 5.13. The van der Waals surface area contributed by atoms with E-state index in [1.165, 1.54) is 0 Å². The Morgan fingerprint density at radius 2 is 2.05 bits per heavy atom. The van der Waals surface area contributed by atoms with E-state index in [2.05, 4.69) is 15.4 Å². The highest BCUT2D eigenvalue weighted by molar-refractivity contribution is 6.01. The quantitative estimate of drug-likeness (QED) is 0.792. The van der Waals surface area contributed by atoms with Crippen LogP contribution in [-0.4, -0.2) is 20.7 Å². The van der Waals surface area contributed by atoms with E-state index in [9.17, 15) is 4.79 Å². The molecule has 0 saturated heterocycles. The molecule has 1 atom stereocenters. The van der Waals surface area contributed by atoms with Crippen molar-refractivity contribution in [3.05, 3.63) is 55.0 Å². The Balaban J connectivity index is 1.88. The van der Waals surface area contributed by atoms with Crippen LogP contribution in [0.2, 0.25) is 0 Å². The van der Waals surface area contributed by atoms with Gasteiger partial charge < -0.3 is 5.32 Å². The summed E-state index contributed by atoms with van der Waals surface area (Å²) in [6, 6.07) is 11.0. The van der Waals surface area contributed by atoms with Crippen molar-refractivity contribution in [1.29, 1.82) is 0 Å². The molecular formula is C15H14N4O. The molecule has 1 N–H and O–H groups in total. The second-order valence-corrected chi connectivity index (χ2v) is 4.53. The predicted octanol–water partition coefficient (Wildman–Crippen LogP) is 2.63. The number of carbonyl (C=O) groups is 1. The van der Waals surface area contributed by atoms with Gasteiger partial charge in [-0.1, -0.05) is 18.2 Å². The number of amides is 1. The van der Waals surface area contributed by atoms with E-state index in [1.54, 1.807) is 36.3 Å². The minimum absolute atomic E-state index is 0.119. The number of nitrogens with one attached hydrogen (secondary N) is 1. The highest BCUT2D eigenvalue weighted by Gasteiger charge is 2.16. The number of hydrogen-bond donors (Lipinski definition) is 1. The first-order valence-electron chi connectivity index (χ1n) is 6.39. The number of rotatable bonds is 3. The van der Waals surface area contributed by atoms with E-state index in [0.29, 0.717) is 5.69 Å². The summed E-state index contributed by atoms with van der Waals surface area (Å²) >= 11 is 0. The van der Waals surface area contributed by atoms with Gasteiger partial charge >= 0.3 is 0 Å². The van der Waals surface area contributed by atoms with Gasteiger partial charge in [-0.3, -0.25) is 14.5 Å². The first-order valence-corrected chi connectivity index (χ1v) is 6.39. The zero-order valence-electron chi connectivity index (χ0n) is 11.0. The molecule has 2 aromatic heterocycles. The molecule has 0 aliphatic heterocycles. The summed E-state index contributed by atoms with van der Waals surface area (Å²) in [5.41, 5.74) is 1.50. The highest BCUT2D eigenvalue weighted by Crippen LogP contribution is 2.21. The van der Waals surface area contributed by atoms with Gasteiger partial charge in [0.1, 0.15) is 6.04 Å². The summed E-state index contributed by atoms with van der Waals surface area (Å²) in [5, 5.41) is 7.99. The first-order chi connectivity index (χ1) is 9.75. The second-order valence-electron chi connectivity index (χ2n) is 4.53. The Morgan fingerprint density at radius 1 is 1.20 bits per heavy atom. The lowest BCUT2D eigenvalue weighted by atomic mass is 10.2. The third kappa shape index (κ3) is 2.25. The molecule has 0 spiro atoms. The minimum Gasteiger partial charge on any atom is -0.322 e. The Bertz CT molecular complexity index is 731. The van der Waals surface area contributed by atoms with Crippen molar-refractivity contribution < 1.29 is 4.79 Å². The van der Waals surface area contributed by atoms with Crippen molar-refractivity contribution in [2.24, 2.45) is 0 Å². The molecule has 100 valence electrons. The lowest BCUT2D eigenvalue weighted by molar-refractivity contribution is -0.119. The number of benzene rings is 1. The zero-order valence-corrected chi connectivity index (χ0v) is 11.0. The highest BCUT2D eigenvalue weighted by atomic mass is 16.2. The molecule has 3 rings (SSSR count). The maximum Gasteiger partial charge on any atom is 0.249 e. The fourth-order valence-corrected chi connectivity index (χ4v) is 2.07. The van der Waals surface area contributed by atoms with E-state index in [4.69, 9.17) is 0 Å². The van der Waals surface area contributed by atoms with Crippen LogP contribution in [0.4, 0.5) is 5.69 Å². The van der Waals surface area contributed by atoms with Crippen molar-refractivity contribution >= 4 is 22.5 Å². The van der Waals surface area contributed by atoms with Crippen molar-refractivity contribution in [1.82, 2.24) is 14.8 Å². The van der Waals surface area contributed by atoms with Crippen molar-refractivity contribution in [3.63, 3.8) is 0 Å². The van der Waals surface area contributed by atoms with Gasteiger partial charge in [0.25, 0.3) is 0 Å². The number of anilines is 1. The average Bonchev–Trinajstić information content (AvgIpc) is 3.01. The first kappa shape index (κ1) is 12.3. The molecule has 0 radical (unpaired) electrons. The number of pyridine rings is 1. The number of aromatic nitrogens is 3. The third-order valence-corrected chi connectivity index (χ3v) is 3.19.